The Morgan fingerprint density at radius 3 is 0.800 bits per heavy atom. The monoisotopic (exact) mass is 106 g/mol. The van der Waals surface area contributed by atoms with E-state index in [1.54, 1.807) is 0 Å². The van der Waals surface area contributed by atoms with Gasteiger partial charge < -0.3 is 25.7 Å². The van der Waals surface area contributed by atoms with Gasteiger partial charge in [0.25, 0.3) is 0 Å². The maximum absolute atomic E-state index is 5.25. The molecule has 0 radical (unpaired) electrons. The summed E-state index contributed by atoms with van der Waals surface area (Å²) in [5, 5.41) is 0. The van der Waals surface area contributed by atoms with E-state index in [0.717, 1.165) is 0 Å². The van der Waals surface area contributed by atoms with Crippen molar-refractivity contribution in [2.24, 2.45) is 0 Å². The molecule has 0 atom stereocenters. The van der Waals surface area contributed by atoms with Gasteiger partial charge in [-0.3, -0.25) is 0 Å². The Labute approximate surface area is 43.4 Å². The molecule has 0 unspecified atom stereocenters. The minimum Gasteiger partial charge on any atom is -0.697 e. The van der Waals surface area contributed by atoms with Gasteiger partial charge in [0.2, 0.25) is 0 Å². The van der Waals surface area contributed by atoms with E-state index in [9.17, 15) is 0 Å². The first-order valence-electron chi connectivity index (χ1n) is 0.577. The zero-order valence-corrected chi connectivity index (χ0v) is 3.61. The van der Waals surface area contributed by atoms with Crippen LogP contribution >= 0.6 is 0 Å². The first-order valence-corrected chi connectivity index (χ1v) is 0.577. The minimum absolute atomic E-state index is 0. The molecule has 0 aromatic carbocycles. The first kappa shape index (κ1) is 22.9. The summed E-state index contributed by atoms with van der Waals surface area (Å²) in [4.78, 5) is 0. The molecule has 0 N–H and O–H groups in total. The third-order valence-electron chi connectivity index (χ3n) is 0. The molecule has 0 bridgehead atoms. The molecule has 0 aromatic rings. The van der Waals surface area contributed by atoms with Crippen molar-refractivity contribution >= 4 is 0 Å². The fraction of sp³-hybridized carbons (Fsp3) is 0. The van der Waals surface area contributed by atoms with Crippen molar-refractivity contribution in [3.8, 4) is 12.8 Å². The second-order valence-electron chi connectivity index (χ2n) is 0. The summed E-state index contributed by atoms with van der Waals surface area (Å²) in [6.07, 6.45) is 18.0. The zero-order chi connectivity index (χ0) is 4.00. The molecule has 0 amide bonds. The predicted octanol–water partition coefficient (Wildman–Crippen LogP) is 0.409. The number of hydrogen-bond acceptors (Lipinski definition) is 0. The average molecular weight is 106 g/mol. The maximum Gasteiger partial charge on any atom is 2.00 e. The third-order valence-corrected chi connectivity index (χ3v) is 0. The predicted molar refractivity (Wildman–Crippen MR) is 16.4 cm³/mol. The van der Waals surface area contributed by atoms with Crippen molar-refractivity contribution in [3.63, 3.8) is 0 Å². The van der Waals surface area contributed by atoms with E-state index in [2.05, 4.69) is 12.8 Å². The van der Waals surface area contributed by atoms with Crippen molar-refractivity contribution in [2.45, 2.75) is 0 Å². The van der Waals surface area contributed by atoms with E-state index in [0.29, 0.717) is 0 Å². The van der Waals surface area contributed by atoms with Crippen LogP contribution in [0.5, 0.6) is 0 Å². The van der Waals surface area contributed by atoms with Crippen LogP contribution in [0, 0.1) is 25.7 Å². The summed E-state index contributed by atoms with van der Waals surface area (Å²) in [5.74, 6) is 0. The SMILES string of the molecule is [C-]#C.[C-]#C.[Fe+2]. The van der Waals surface area contributed by atoms with E-state index >= 15 is 0 Å². The standard InChI is InChI=1S/2C2H.Fe/c2*1-2;/h2*1H;/q2*-1;+2. The van der Waals surface area contributed by atoms with Gasteiger partial charge in [0.15, 0.2) is 0 Å². The number of terminal acetylenes is 2. The van der Waals surface area contributed by atoms with Crippen molar-refractivity contribution in [1.82, 2.24) is 0 Å². The molecule has 0 nitrogen and oxygen atoms in total. The minimum atomic E-state index is 0. The smallest absolute Gasteiger partial charge is 0.697 e. The van der Waals surface area contributed by atoms with Crippen LogP contribution in [-0.4, -0.2) is 0 Å². The summed E-state index contributed by atoms with van der Waals surface area (Å²) in [6.45, 7) is 0. The summed E-state index contributed by atoms with van der Waals surface area (Å²) in [6, 6.07) is 0. The van der Waals surface area contributed by atoms with E-state index in [1.807, 2.05) is 0 Å². The summed E-state index contributed by atoms with van der Waals surface area (Å²) >= 11 is 0. The fourth-order valence-corrected chi connectivity index (χ4v) is 0. The van der Waals surface area contributed by atoms with Gasteiger partial charge in [-0.1, -0.05) is 0 Å². The Hall–Kier alpha value is -0.361. The Bertz CT molecular complexity index is 19.1. The van der Waals surface area contributed by atoms with Gasteiger partial charge in [-0.2, -0.15) is 0 Å². The van der Waals surface area contributed by atoms with Crippen LogP contribution in [0.3, 0.4) is 0 Å². The quantitative estimate of drug-likeness (QED) is 0.238. The molecular formula is C4H2Fe. The first-order chi connectivity index (χ1) is 2.00. The third kappa shape index (κ3) is 75.3. The maximum atomic E-state index is 5.25. The van der Waals surface area contributed by atoms with Gasteiger partial charge in [0.05, 0.1) is 0 Å². The molecule has 26 valence electrons. The Kier molecular flexibility index (Phi) is 892. The summed E-state index contributed by atoms with van der Waals surface area (Å²) in [7, 11) is 0. The van der Waals surface area contributed by atoms with Crippen LogP contribution in [0.1, 0.15) is 0 Å². The van der Waals surface area contributed by atoms with Crippen LogP contribution in [0.4, 0.5) is 0 Å². The summed E-state index contributed by atoms with van der Waals surface area (Å²) < 4.78 is 0. The van der Waals surface area contributed by atoms with Crippen LogP contribution in [0.25, 0.3) is 0 Å². The van der Waals surface area contributed by atoms with Crippen molar-refractivity contribution < 1.29 is 17.1 Å². The topological polar surface area (TPSA) is 0 Å². The van der Waals surface area contributed by atoms with Crippen LogP contribution in [0.2, 0.25) is 0 Å². The van der Waals surface area contributed by atoms with Gasteiger partial charge in [0.1, 0.15) is 0 Å². The Balaban J connectivity index is -0.0000000133. The molecule has 0 aromatic heterocycles. The number of rotatable bonds is 0. The van der Waals surface area contributed by atoms with E-state index in [-0.39, 0.29) is 17.1 Å². The van der Waals surface area contributed by atoms with Crippen LogP contribution in [0.15, 0.2) is 0 Å². The molecule has 0 fully saturated rings. The largest absolute Gasteiger partial charge is 2.00 e. The average Bonchev–Trinajstić information content (AvgIpc) is 1.50. The van der Waals surface area contributed by atoms with Gasteiger partial charge in [-0.25, -0.2) is 0 Å². The van der Waals surface area contributed by atoms with E-state index in [1.165, 1.54) is 0 Å². The van der Waals surface area contributed by atoms with Gasteiger partial charge >= 0.3 is 17.1 Å². The molecule has 0 saturated heterocycles. The van der Waals surface area contributed by atoms with Crippen LogP contribution in [-0.2, 0) is 17.1 Å². The fourth-order valence-electron chi connectivity index (χ4n) is 0. The van der Waals surface area contributed by atoms with Gasteiger partial charge in [-0.15, -0.1) is 0 Å². The van der Waals surface area contributed by atoms with Crippen molar-refractivity contribution in [1.29, 1.82) is 0 Å². The van der Waals surface area contributed by atoms with Gasteiger partial charge in [-0.05, 0) is 0 Å². The zero-order valence-electron chi connectivity index (χ0n) is 2.51. The second-order valence-corrected chi connectivity index (χ2v) is 0. The van der Waals surface area contributed by atoms with Crippen molar-refractivity contribution in [2.75, 3.05) is 0 Å². The Morgan fingerprint density at radius 2 is 0.800 bits per heavy atom. The van der Waals surface area contributed by atoms with E-state index < -0.39 is 0 Å². The Morgan fingerprint density at radius 1 is 0.800 bits per heavy atom. The molecule has 5 heavy (non-hydrogen) atoms. The second kappa shape index (κ2) is 195. The number of hydrogen-bond donors (Lipinski definition) is 0. The summed E-state index contributed by atoms with van der Waals surface area (Å²) in [5.41, 5.74) is 0. The van der Waals surface area contributed by atoms with Gasteiger partial charge in [0, 0.05) is 0 Å². The molecule has 0 aliphatic carbocycles. The molecular weight excluding hydrogens is 104 g/mol. The molecule has 0 saturated carbocycles. The molecule has 0 aliphatic rings. The van der Waals surface area contributed by atoms with Crippen LogP contribution < -0.4 is 0 Å². The van der Waals surface area contributed by atoms with Crippen molar-refractivity contribution in [3.05, 3.63) is 12.8 Å². The molecule has 0 aliphatic heterocycles. The molecule has 0 heterocycles. The molecule has 0 rings (SSSR count). The molecule has 1 heteroatoms. The van der Waals surface area contributed by atoms with E-state index in [4.69, 9.17) is 12.8 Å². The molecule has 0 spiro atoms. The normalized spacial score (nSPS) is 0.800.